The van der Waals surface area contributed by atoms with Crippen LogP contribution in [0.25, 0.3) is 0 Å². The first-order chi connectivity index (χ1) is 11.1. The molecule has 0 aliphatic carbocycles. The molecule has 1 aromatic carbocycles. The molecule has 0 saturated heterocycles. The summed E-state index contributed by atoms with van der Waals surface area (Å²) in [7, 11) is 3.19. The molecule has 1 aliphatic rings. The lowest BCUT2D eigenvalue weighted by Gasteiger charge is -2.23. The van der Waals surface area contributed by atoms with Crippen LogP contribution in [0.3, 0.4) is 0 Å². The molecule has 1 aliphatic heterocycles. The highest BCUT2D eigenvalue weighted by molar-refractivity contribution is 7.95. The van der Waals surface area contributed by atoms with Gasteiger partial charge in [-0.25, -0.2) is 9.10 Å². The van der Waals surface area contributed by atoms with Crippen LogP contribution in [0.2, 0.25) is 0 Å². The summed E-state index contributed by atoms with van der Waals surface area (Å²) < 4.78 is 14.0. The molecule has 0 fully saturated rings. The maximum absolute atomic E-state index is 12.3. The number of carbonyl (C=O) groups is 2. The summed E-state index contributed by atoms with van der Waals surface area (Å²) >= 11 is 0.998. The summed E-state index contributed by atoms with van der Waals surface area (Å²) in [6.45, 7) is 7.61. The van der Waals surface area contributed by atoms with Gasteiger partial charge in [-0.3, -0.25) is 9.10 Å². The molecule has 7 heteroatoms. The van der Waals surface area contributed by atoms with Crippen molar-refractivity contribution < 1.29 is 19.1 Å². The maximum Gasteiger partial charge on any atom is 0.426 e. The van der Waals surface area contributed by atoms with Crippen molar-refractivity contribution in [2.24, 2.45) is 5.92 Å². The van der Waals surface area contributed by atoms with Gasteiger partial charge >= 0.3 is 6.09 Å². The van der Waals surface area contributed by atoms with Crippen LogP contribution in [0.5, 0.6) is 11.5 Å². The number of para-hydroxylation sites is 1. The van der Waals surface area contributed by atoms with Gasteiger partial charge in [0.05, 0.1) is 12.1 Å². The van der Waals surface area contributed by atoms with Gasteiger partial charge in [0.2, 0.25) is 5.91 Å². The fourth-order valence-corrected chi connectivity index (χ4v) is 3.21. The zero-order valence-corrected chi connectivity index (χ0v) is 15.8. The Morgan fingerprint density at radius 3 is 2.54 bits per heavy atom. The Morgan fingerprint density at radius 1 is 1.25 bits per heavy atom. The lowest BCUT2D eigenvalue weighted by Crippen LogP contribution is -2.32. The Balaban J connectivity index is 2.04. The number of hydrogen-bond donors (Lipinski definition) is 0. The summed E-state index contributed by atoms with van der Waals surface area (Å²) in [5.41, 5.74) is 0.711. The Bertz CT molecular complexity index is 645. The highest BCUT2D eigenvalue weighted by Gasteiger charge is 2.33. The predicted octanol–water partition coefficient (Wildman–Crippen LogP) is 3.51. The zero-order valence-electron chi connectivity index (χ0n) is 15.0. The van der Waals surface area contributed by atoms with Gasteiger partial charge < -0.3 is 9.47 Å². The normalized spacial score (nSPS) is 14.8. The van der Waals surface area contributed by atoms with Gasteiger partial charge in [0, 0.05) is 32.0 Å². The van der Waals surface area contributed by atoms with E-state index in [9.17, 15) is 9.59 Å². The lowest BCUT2D eigenvalue weighted by molar-refractivity contribution is -0.128. The molecule has 0 saturated carbocycles. The van der Waals surface area contributed by atoms with E-state index in [2.05, 4.69) is 0 Å². The molecule has 0 spiro atoms. The monoisotopic (exact) mass is 352 g/mol. The summed E-state index contributed by atoms with van der Waals surface area (Å²) in [6, 6.07) is 5.52. The number of amides is 2. The van der Waals surface area contributed by atoms with Crippen LogP contribution in [-0.4, -0.2) is 40.3 Å². The molecule has 2 amide bonds. The number of carbonyl (C=O) groups excluding carboxylic acids is 2. The fourth-order valence-electron chi connectivity index (χ4n) is 2.45. The van der Waals surface area contributed by atoms with Crippen LogP contribution in [0.1, 0.15) is 33.3 Å². The second-order valence-electron chi connectivity index (χ2n) is 6.72. The number of ether oxygens (including phenoxy) is 2. The quantitative estimate of drug-likeness (QED) is 0.776. The van der Waals surface area contributed by atoms with E-state index in [0.717, 1.165) is 24.1 Å². The number of fused-ring (bicyclic) bond motifs is 1. The van der Waals surface area contributed by atoms with Crippen molar-refractivity contribution in [1.82, 2.24) is 8.61 Å². The average molecular weight is 352 g/mol. The lowest BCUT2D eigenvalue weighted by atomic mass is 10.0. The Labute approximate surface area is 147 Å². The molecule has 24 heavy (non-hydrogen) atoms. The molecule has 0 N–H and O–H groups in total. The third-order valence-electron chi connectivity index (χ3n) is 3.56. The van der Waals surface area contributed by atoms with Crippen LogP contribution in [0.4, 0.5) is 4.79 Å². The molecule has 0 atom stereocenters. The van der Waals surface area contributed by atoms with Gasteiger partial charge in [-0.2, -0.15) is 0 Å². The number of benzene rings is 1. The summed E-state index contributed by atoms with van der Waals surface area (Å²) in [5.74, 6) is 0.805. The van der Waals surface area contributed by atoms with Crippen molar-refractivity contribution in [2.75, 3.05) is 14.1 Å². The van der Waals surface area contributed by atoms with Crippen molar-refractivity contribution in [1.29, 1.82) is 0 Å². The van der Waals surface area contributed by atoms with Gasteiger partial charge in [-0.05, 0) is 19.9 Å². The molecule has 2 rings (SSSR count). The maximum atomic E-state index is 12.3. The van der Waals surface area contributed by atoms with Crippen molar-refractivity contribution in [3.8, 4) is 11.5 Å². The summed E-state index contributed by atoms with van der Waals surface area (Å²) in [5, 5.41) is 0. The minimum Gasteiger partial charge on any atom is -0.483 e. The third-order valence-corrected chi connectivity index (χ3v) is 4.38. The van der Waals surface area contributed by atoms with Crippen molar-refractivity contribution >= 4 is 24.1 Å². The fraction of sp³-hybridized carbons (Fsp3) is 0.529. The molecule has 132 valence electrons. The topological polar surface area (TPSA) is 59.1 Å². The summed E-state index contributed by atoms with van der Waals surface area (Å²) in [4.78, 5) is 24.2. The minimum atomic E-state index is -0.565. The molecular weight excluding hydrogens is 328 g/mol. The van der Waals surface area contributed by atoms with E-state index >= 15 is 0 Å². The highest BCUT2D eigenvalue weighted by atomic mass is 32.2. The van der Waals surface area contributed by atoms with E-state index in [1.54, 1.807) is 20.2 Å². The first-order valence-corrected chi connectivity index (χ1v) is 8.56. The Morgan fingerprint density at radius 2 is 1.92 bits per heavy atom. The van der Waals surface area contributed by atoms with E-state index in [0.29, 0.717) is 11.5 Å². The highest BCUT2D eigenvalue weighted by Crippen LogP contribution is 2.42. The molecule has 0 bridgehead atoms. The first kappa shape index (κ1) is 18.4. The van der Waals surface area contributed by atoms with Crippen molar-refractivity contribution in [2.45, 2.75) is 39.7 Å². The Kier molecular flexibility index (Phi) is 5.32. The Hall–Kier alpha value is -1.89. The van der Waals surface area contributed by atoms with E-state index in [1.165, 1.54) is 8.61 Å². The molecule has 0 aromatic heterocycles. The molecule has 1 heterocycles. The second kappa shape index (κ2) is 6.93. The SMILES string of the molecule is CC(C)C(=O)N(C)SN(C)C(=O)Oc1cccc2c1OC(C)(C)C2. The molecule has 6 nitrogen and oxygen atoms in total. The van der Waals surface area contributed by atoms with E-state index in [4.69, 9.17) is 9.47 Å². The number of nitrogens with zero attached hydrogens (tertiary/aromatic N) is 2. The van der Waals surface area contributed by atoms with Gasteiger partial charge in [-0.15, -0.1) is 0 Å². The number of rotatable bonds is 4. The predicted molar refractivity (Wildman–Crippen MR) is 93.8 cm³/mol. The van der Waals surface area contributed by atoms with E-state index < -0.39 is 6.09 Å². The van der Waals surface area contributed by atoms with Gasteiger partial charge in [0.15, 0.2) is 11.5 Å². The molecule has 1 aromatic rings. The van der Waals surface area contributed by atoms with Crippen LogP contribution in [-0.2, 0) is 11.2 Å². The standard InChI is InChI=1S/C17H24N2O4S/c1-11(2)15(20)18(5)24-19(6)16(21)22-13-9-7-8-12-10-17(3,4)23-14(12)13/h7-9,11H,10H2,1-6H3. The molecule has 0 unspecified atom stereocenters. The summed E-state index contributed by atoms with van der Waals surface area (Å²) in [6.07, 6.45) is 0.203. The van der Waals surface area contributed by atoms with Crippen LogP contribution < -0.4 is 9.47 Å². The van der Waals surface area contributed by atoms with Gasteiger partial charge in [0.25, 0.3) is 0 Å². The van der Waals surface area contributed by atoms with Crippen molar-refractivity contribution in [3.05, 3.63) is 23.8 Å². The zero-order chi connectivity index (χ0) is 18.1. The van der Waals surface area contributed by atoms with Crippen LogP contribution >= 0.6 is 12.1 Å². The van der Waals surface area contributed by atoms with Gasteiger partial charge in [0.1, 0.15) is 5.60 Å². The third kappa shape index (κ3) is 4.14. The smallest absolute Gasteiger partial charge is 0.426 e. The van der Waals surface area contributed by atoms with Gasteiger partial charge in [-0.1, -0.05) is 26.0 Å². The second-order valence-corrected chi connectivity index (χ2v) is 7.98. The first-order valence-electron chi connectivity index (χ1n) is 7.83. The van der Waals surface area contributed by atoms with Crippen molar-refractivity contribution in [3.63, 3.8) is 0 Å². The van der Waals surface area contributed by atoms with Crippen LogP contribution in [0, 0.1) is 5.92 Å². The molecular formula is C17H24N2O4S. The van der Waals surface area contributed by atoms with Crippen LogP contribution in [0.15, 0.2) is 18.2 Å². The largest absolute Gasteiger partial charge is 0.483 e. The van der Waals surface area contributed by atoms with E-state index in [-0.39, 0.29) is 17.4 Å². The van der Waals surface area contributed by atoms with E-state index in [1.807, 2.05) is 39.8 Å². The molecule has 0 radical (unpaired) electrons. The average Bonchev–Trinajstić information content (AvgIpc) is 2.81. The minimum absolute atomic E-state index is 0.0645. The number of hydrogen-bond acceptors (Lipinski definition) is 5.